The Morgan fingerprint density at radius 2 is 2.26 bits per heavy atom. The summed E-state index contributed by atoms with van der Waals surface area (Å²) >= 11 is 0. The molecule has 2 aromatic rings. The molecule has 0 saturated heterocycles. The van der Waals surface area contributed by atoms with Gasteiger partial charge in [-0.25, -0.2) is 24.9 Å². The van der Waals surface area contributed by atoms with Gasteiger partial charge in [-0.3, -0.25) is 9.63 Å². The number of hydroxylamine groups is 1. The molecule has 0 spiro atoms. The third-order valence-corrected chi connectivity index (χ3v) is 2.02. The maximum absolute atomic E-state index is 11.5. The van der Waals surface area contributed by atoms with Crippen LogP contribution in [0.4, 0.5) is 0 Å². The van der Waals surface area contributed by atoms with Crippen molar-refractivity contribution in [3.05, 3.63) is 36.5 Å². The molecule has 98 valence electrons. The molecule has 0 aliphatic carbocycles. The largest absolute Gasteiger partial charge is 0.479 e. The van der Waals surface area contributed by atoms with Crippen molar-refractivity contribution in [3.63, 3.8) is 0 Å². The van der Waals surface area contributed by atoms with Gasteiger partial charge >= 0.3 is 5.97 Å². The summed E-state index contributed by atoms with van der Waals surface area (Å²) in [6.45, 7) is -0.615. The number of nitrogens with one attached hydrogen (secondary N) is 1. The lowest BCUT2D eigenvalue weighted by atomic mass is 10.3. The summed E-state index contributed by atoms with van der Waals surface area (Å²) in [4.78, 5) is 34.0. The molecule has 0 atom stereocenters. The molecule has 0 bridgehead atoms. The van der Waals surface area contributed by atoms with Crippen molar-refractivity contribution in [2.75, 3.05) is 6.61 Å². The van der Waals surface area contributed by atoms with Gasteiger partial charge in [-0.2, -0.15) is 5.10 Å². The monoisotopic (exact) mass is 263 g/mol. The van der Waals surface area contributed by atoms with Gasteiger partial charge in [-0.1, -0.05) is 0 Å². The first kappa shape index (κ1) is 12.6. The predicted molar refractivity (Wildman–Crippen MR) is 60.2 cm³/mol. The number of aromatic nitrogens is 4. The summed E-state index contributed by atoms with van der Waals surface area (Å²) in [5.74, 6) is -1.26. The van der Waals surface area contributed by atoms with Crippen molar-refractivity contribution in [2.45, 2.75) is 0 Å². The zero-order valence-electron chi connectivity index (χ0n) is 9.55. The first-order chi connectivity index (χ1) is 9.16. The van der Waals surface area contributed by atoms with Crippen LogP contribution in [0.1, 0.15) is 10.4 Å². The second-order valence-electron chi connectivity index (χ2n) is 3.36. The highest BCUT2D eigenvalue weighted by Gasteiger charge is 2.08. The summed E-state index contributed by atoms with van der Waals surface area (Å²) in [5, 5.41) is 12.2. The second-order valence-corrected chi connectivity index (χ2v) is 3.36. The minimum absolute atomic E-state index is 0.231. The first-order valence-electron chi connectivity index (χ1n) is 5.12. The Kier molecular flexibility index (Phi) is 3.78. The highest BCUT2D eigenvalue weighted by molar-refractivity contribution is 5.93. The van der Waals surface area contributed by atoms with Crippen molar-refractivity contribution < 1.29 is 19.5 Å². The summed E-state index contributed by atoms with van der Waals surface area (Å²) in [7, 11) is 0. The minimum Gasteiger partial charge on any atom is -0.479 e. The molecular formula is C10H9N5O4. The van der Waals surface area contributed by atoms with Gasteiger partial charge in [0.15, 0.2) is 12.4 Å². The summed E-state index contributed by atoms with van der Waals surface area (Å²) in [5.41, 5.74) is 2.22. The number of amides is 1. The third kappa shape index (κ3) is 3.33. The highest BCUT2D eigenvalue weighted by Crippen LogP contribution is 2.03. The number of carbonyl (C=O) groups is 2. The number of rotatable bonds is 5. The lowest BCUT2D eigenvalue weighted by Gasteiger charge is -2.04. The Morgan fingerprint density at radius 1 is 1.42 bits per heavy atom. The van der Waals surface area contributed by atoms with Crippen LogP contribution in [0.15, 0.2) is 31.0 Å². The van der Waals surface area contributed by atoms with Crippen molar-refractivity contribution in [2.24, 2.45) is 0 Å². The first-order valence-corrected chi connectivity index (χ1v) is 5.12. The molecule has 19 heavy (non-hydrogen) atoms. The van der Waals surface area contributed by atoms with Crippen LogP contribution in [0.2, 0.25) is 0 Å². The summed E-state index contributed by atoms with van der Waals surface area (Å²) in [6.07, 6.45) is 4.15. The number of carbonyl (C=O) groups excluding carboxylic acids is 1. The molecule has 1 amide bonds. The smallest absolute Gasteiger partial charge is 0.332 e. The Labute approximate surface area is 106 Å². The van der Waals surface area contributed by atoms with E-state index < -0.39 is 18.5 Å². The van der Waals surface area contributed by atoms with Gasteiger partial charge in [0.2, 0.25) is 0 Å². The minimum atomic E-state index is -1.18. The molecule has 0 unspecified atom stereocenters. The van der Waals surface area contributed by atoms with Gasteiger partial charge in [0.25, 0.3) is 5.91 Å². The summed E-state index contributed by atoms with van der Waals surface area (Å²) < 4.78 is 1.43. The molecule has 9 heteroatoms. The van der Waals surface area contributed by atoms with Crippen LogP contribution in [0, 0.1) is 0 Å². The van der Waals surface area contributed by atoms with E-state index in [1.807, 2.05) is 5.48 Å². The summed E-state index contributed by atoms with van der Waals surface area (Å²) in [6, 6.07) is 3.07. The van der Waals surface area contributed by atoms with E-state index in [0.717, 1.165) is 0 Å². The van der Waals surface area contributed by atoms with Crippen LogP contribution in [0.5, 0.6) is 0 Å². The van der Waals surface area contributed by atoms with Crippen LogP contribution in [-0.4, -0.2) is 43.3 Å². The van der Waals surface area contributed by atoms with Crippen LogP contribution < -0.4 is 5.48 Å². The molecule has 0 aliphatic rings. The van der Waals surface area contributed by atoms with Crippen molar-refractivity contribution in [3.8, 4) is 5.82 Å². The van der Waals surface area contributed by atoms with Crippen LogP contribution in [0.3, 0.4) is 0 Å². The topological polar surface area (TPSA) is 119 Å². The number of carboxylic acid groups (broad SMARTS) is 1. The fraction of sp³-hybridized carbons (Fsp3) is 0.100. The lowest BCUT2D eigenvalue weighted by Crippen LogP contribution is -2.26. The third-order valence-electron chi connectivity index (χ3n) is 2.02. The number of hydrogen-bond donors (Lipinski definition) is 2. The highest BCUT2D eigenvalue weighted by atomic mass is 16.7. The van der Waals surface area contributed by atoms with E-state index in [0.29, 0.717) is 5.82 Å². The zero-order valence-corrected chi connectivity index (χ0v) is 9.55. The fourth-order valence-electron chi connectivity index (χ4n) is 1.20. The molecule has 0 radical (unpaired) electrons. The molecule has 2 aromatic heterocycles. The van der Waals surface area contributed by atoms with E-state index in [-0.39, 0.29) is 5.56 Å². The number of carboxylic acids is 1. The Bertz CT molecular complexity index is 566. The van der Waals surface area contributed by atoms with Crippen LogP contribution in [-0.2, 0) is 9.63 Å². The number of pyridine rings is 1. The average molecular weight is 263 g/mol. The SMILES string of the molecule is O=C(O)CONC(=O)c1ccc(-n2cncn2)nc1. The molecule has 2 rings (SSSR count). The van der Waals surface area contributed by atoms with Gasteiger partial charge in [-0.15, -0.1) is 0 Å². The molecule has 0 saturated carbocycles. The normalized spacial score (nSPS) is 10.1. The maximum Gasteiger partial charge on any atom is 0.332 e. The van der Waals surface area contributed by atoms with Gasteiger partial charge in [0, 0.05) is 6.20 Å². The second kappa shape index (κ2) is 5.69. The van der Waals surface area contributed by atoms with Gasteiger partial charge in [0.1, 0.15) is 12.7 Å². The average Bonchev–Trinajstić information content (AvgIpc) is 2.92. The van der Waals surface area contributed by atoms with Crippen LogP contribution >= 0.6 is 0 Å². The maximum atomic E-state index is 11.5. The molecule has 0 aliphatic heterocycles. The Hall–Kier alpha value is -2.81. The van der Waals surface area contributed by atoms with E-state index in [4.69, 9.17) is 5.11 Å². The Morgan fingerprint density at radius 3 is 2.84 bits per heavy atom. The van der Waals surface area contributed by atoms with E-state index >= 15 is 0 Å². The van der Waals surface area contributed by atoms with Gasteiger partial charge < -0.3 is 5.11 Å². The fourth-order valence-corrected chi connectivity index (χ4v) is 1.20. The number of aliphatic carboxylic acids is 1. The Balaban J connectivity index is 1.98. The molecule has 9 nitrogen and oxygen atoms in total. The van der Waals surface area contributed by atoms with Crippen molar-refractivity contribution in [1.82, 2.24) is 25.2 Å². The molecule has 0 fully saturated rings. The van der Waals surface area contributed by atoms with E-state index in [1.54, 1.807) is 6.07 Å². The quantitative estimate of drug-likeness (QED) is 0.691. The van der Waals surface area contributed by atoms with Crippen molar-refractivity contribution >= 4 is 11.9 Å². The predicted octanol–water partition coefficient (Wildman–Crippen LogP) is -0.592. The van der Waals surface area contributed by atoms with Crippen LogP contribution in [0.25, 0.3) is 5.82 Å². The van der Waals surface area contributed by atoms with Crippen molar-refractivity contribution in [1.29, 1.82) is 0 Å². The molecule has 2 heterocycles. The van der Waals surface area contributed by atoms with E-state index in [9.17, 15) is 9.59 Å². The lowest BCUT2D eigenvalue weighted by molar-refractivity contribution is -0.144. The van der Waals surface area contributed by atoms with E-state index in [2.05, 4.69) is 19.9 Å². The number of hydrogen-bond acceptors (Lipinski definition) is 6. The molecule has 0 aromatic carbocycles. The van der Waals surface area contributed by atoms with E-state index in [1.165, 1.54) is 29.6 Å². The zero-order chi connectivity index (χ0) is 13.7. The standard InChI is InChI=1S/C10H9N5O4/c16-9(17)4-19-14-10(18)7-1-2-8(12-3-7)15-6-11-5-13-15/h1-3,5-6H,4H2,(H,14,18)(H,16,17). The molecule has 2 N–H and O–H groups in total. The van der Waals surface area contributed by atoms with Gasteiger partial charge in [-0.05, 0) is 12.1 Å². The van der Waals surface area contributed by atoms with Gasteiger partial charge in [0.05, 0.1) is 5.56 Å². The molecular weight excluding hydrogens is 254 g/mol. The number of nitrogens with zero attached hydrogens (tertiary/aromatic N) is 4.